The minimum atomic E-state index is -0.0942. The molecule has 0 radical (unpaired) electrons. The lowest BCUT2D eigenvalue weighted by Gasteiger charge is -2.20. The summed E-state index contributed by atoms with van der Waals surface area (Å²) < 4.78 is 0. The first kappa shape index (κ1) is 16.7. The Morgan fingerprint density at radius 2 is 1.64 bits per heavy atom. The lowest BCUT2D eigenvalue weighted by Crippen LogP contribution is -2.31. The third-order valence-electron chi connectivity index (χ3n) is 3.95. The molecule has 0 spiro atoms. The number of pyridine rings is 1. The van der Waals surface area contributed by atoms with Crippen LogP contribution in [-0.2, 0) is 6.54 Å². The van der Waals surface area contributed by atoms with E-state index in [1.165, 1.54) is 5.56 Å². The number of para-hydroxylation sites is 1. The van der Waals surface area contributed by atoms with Crippen LogP contribution in [0.2, 0.25) is 0 Å². The van der Waals surface area contributed by atoms with Gasteiger partial charge in [0.1, 0.15) is 5.69 Å². The molecule has 1 aromatic heterocycles. The minimum Gasteiger partial charge on any atom is -0.380 e. The van der Waals surface area contributed by atoms with Gasteiger partial charge >= 0.3 is 0 Å². The number of carbonyl (C=O) groups excluding carboxylic acids is 1. The number of rotatable bonds is 6. The van der Waals surface area contributed by atoms with Crippen molar-refractivity contribution >= 4 is 17.3 Å². The molecule has 4 heteroatoms. The van der Waals surface area contributed by atoms with Crippen LogP contribution in [0.4, 0.5) is 11.4 Å². The molecule has 1 amide bonds. The zero-order chi connectivity index (χ0) is 17.5. The molecule has 0 unspecified atom stereocenters. The SMILES string of the molecule is CCN(C(=O)c1ccc(NCc2ccccc2)cn1)c1ccccc1. The topological polar surface area (TPSA) is 45.2 Å². The Balaban J connectivity index is 1.68. The second-order valence-corrected chi connectivity index (χ2v) is 5.66. The molecule has 0 aliphatic heterocycles. The molecule has 4 nitrogen and oxygen atoms in total. The predicted molar refractivity (Wildman–Crippen MR) is 102 cm³/mol. The zero-order valence-corrected chi connectivity index (χ0v) is 14.2. The summed E-state index contributed by atoms with van der Waals surface area (Å²) in [5.74, 6) is -0.0942. The van der Waals surface area contributed by atoms with Gasteiger partial charge in [0.2, 0.25) is 0 Å². The van der Waals surface area contributed by atoms with Gasteiger partial charge in [-0.05, 0) is 36.8 Å². The summed E-state index contributed by atoms with van der Waals surface area (Å²) in [6.45, 7) is 3.28. The summed E-state index contributed by atoms with van der Waals surface area (Å²) in [6, 6.07) is 23.5. The quantitative estimate of drug-likeness (QED) is 0.730. The normalized spacial score (nSPS) is 10.3. The van der Waals surface area contributed by atoms with Gasteiger partial charge in [-0.25, -0.2) is 4.98 Å². The Bertz CT molecular complexity index is 802. The molecule has 0 saturated heterocycles. The number of benzene rings is 2. The number of nitrogens with zero attached hydrogens (tertiary/aromatic N) is 2. The van der Waals surface area contributed by atoms with Gasteiger partial charge in [-0.2, -0.15) is 0 Å². The smallest absolute Gasteiger partial charge is 0.276 e. The Morgan fingerprint density at radius 1 is 0.960 bits per heavy atom. The highest BCUT2D eigenvalue weighted by molar-refractivity contribution is 6.04. The maximum Gasteiger partial charge on any atom is 0.276 e. The van der Waals surface area contributed by atoms with Crippen molar-refractivity contribution in [1.82, 2.24) is 4.98 Å². The second-order valence-electron chi connectivity index (χ2n) is 5.66. The monoisotopic (exact) mass is 331 g/mol. The zero-order valence-electron chi connectivity index (χ0n) is 14.2. The first-order chi connectivity index (χ1) is 12.3. The molecule has 0 bridgehead atoms. The van der Waals surface area contributed by atoms with Crippen molar-refractivity contribution < 1.29 is 4.79 Å². The minimum absolute atomic E-state index is 0.0942. The van der Waals surface area contributed by atoms with E-state index < -0.39 is 0 Å². The van der Waals surface area contributed by atoms with Crippen LogP contribution >= 0.6 is 0 Å². The number of carbonyl (C=O) groups is 1. The molecule has 2 aromatic carbocycles. The van der Waals surface area contributed by atoms with E-state index in [1.807, 2.05) is 61.5 Å². The largest absolute Gasteiger partial charge is 0.380 e. The predicted octanol–water partition coefficient (Wildman–Crippen LogP) is 4.36. The molecule has 0 atom stereocenters. The highest BCUT2D eigenvalue weighted by atomic mass is 16.2. The summed E-state index contributed by atoms with van der Waals surface area (Å²) in [5.41, 5.74) is 3.41. The van der Waals surface area contributed by atoms with Crippen molar-refractivity contribution in [3.63, 3.8) is 0 Å². The molecule has 3 aromatic rings. The van der Waals surface area contributed by atoms with E-state index in [-0.39, 0.29) is 5.91 Å². The summed E-state index contributed by atoms with van der Waals surface area (Å²) in [7, 11) is 0. The molecule has 1 N–H and O–H groups in total. The molecule has 0 aliphatic carbocycles. The van der Waals surface area contributed by atoms with Gasteiger partial charge in [-0.1, -0.05) is 48.5 Å². The Labute approximate surface area is 148 Å². The van der Waals surface area contributed by atoms with Crippen LogP contribution in [0.5, 0.6) is 0 Å². The van der Waals surface area contributed by atoms with Crippen molar-refractivity contribution in [1.29, 1.82) is 0 Å². The number of hydrogen-bond acceptors (Lipinski definition) is 3. The third-order valence-corrected chi connectivity index (χ3v) is 3.95. The average Bonchev–Trinajstić information content (AvgIpc) is 2.69. The van der Waals surface area contributed by atoms with Crippen LogP contribution in [-0.4, -0.2) is 17.4 Å². The number of hydrogen-bond donors (Lipinski definition) is 1. The van der Waals surface area contributed by atoms with E-state index in [2.05, 4.69) is 22.4 Å². The van der Waals surface area contributed by atoms with E-state index in [0.717, 1.165) is 17.9 Å². The summed E-state index contributed by atoms with van der Waals surface area (Å²) in [4.78, 5) is 18.8. The molecule has 0 saturated carbocycles. The molecule has 0 fully saturated rings. The van der Waals surface area contributed by atoms with Crippen molar-refractivity contribution in [3.05, 3.63) is 90.3 Å². The fourth-order valence-electron chi connectivity index (χ4n) is 2.61. The van der Waals surface area contributed by atoms with E-state index in [1.54, 1.807) is 17.2 Å². The van der Waals surface area contributed by atoms with E-state index in [0.29, 0.717) is 12.2 Å². The van der Waals surface area contributed by atoms with Gasteiger partial charge in [0.05, 0.1) is 11.9 Å². The fraction of sp³-hybridized carbons (Fsp3) is 0.143. The molecule has 0 aliphatic rings. The van der Waals surface area contributed by atoms with Crippen molar-refractivity contribution in [2.75, 3.05) is 16.8 Å². The maximum atomic E-state index is 12.7. The summed E-state index contributed by atoms with van der Waals surface area (Å²) >= 11 is 0. The van der Waals surface area contributed by atoms with Crippen LogP contribution in [0.25, 0.3) is 0 Å². The lowest BCUT2D eigenvalue weighted by atomic mass is 10.2. The van der Waals surface area contributed by atoms with Gasteiger partial charge in [0.15, 0.2) is 0 Å². The standard InChI is InChI=1S/C21H21N3O/c1-2-24(19-11-7-4-8-12-19)21(25)20-14-13-18(16-23-20)22-15-17-9-5-3-6-10-17/h3-14,16,22H,2,15H2,1H3. The molecular weight excluding hydrogens is 310 g/mol. The van der Waals surface area contributed by atoms with Crippen molar-refractivity contribution in [2.24, 2.45) is 0 Å². The molecule has 1 heterocycles. The lowest BCUT2D eigenvalue weighted by molar-refractivity contribution is 0.0983. The Morgan fingerprint density at radius 3 is 2.24 bits per heavy atom. The maximum absolute atomic E-state index is 12.7. The van der Waals surface area contributed by atoms with Gasteiger partial charge in [-0.3, -0.25) is 4.79 Å². The van der Waals surface area contributed by atoms with Crippen LogP contribution in [0.15, 0.2) is 79.0 Å². The molecule has 126 valence electrons. The van der Waals surface area contributed by atoms with Crippen molar-refractivity contribution in [3.8, 4) is 0 Å². The van der Waals surface area contributed by atoms with Gasteiger partial charge < -0.3 is 10.2 Å². The Hall–Kier alpha value is -3.14. The van der Waals surface area contributed by atoms with Crippen LogP contribution < -0.4 is 10.2 Å². The fourth-order valence-corrected chi connectivity index (χ4v) is 2.61. The molecule has 25 heavy (non-hydrogen) atoms. The van der Waals surface area contributed by atoms with Crippen LogP contribution in [0.1, 0.15) is 23.0 Å². The van der Waals surface area contributed by atoms with Crippen LogP contribution in [0.3, 0.4) is 0 Å². The highest BCUT2D eigenvalue weighted by Crippen LogP contribution is 2.17. The van der Waals surface area contributed by atoms with Gasteiger partial charge in [0, 0.05) is 18.8 Å². The van der Waals surface area contributed by atoms with E-state index >= 15 is 0 Å². The number of amides is 1. The first-order valence-electron chi connectivity index (χ1n) is 8.38. The van der Waals surface area contributed by atoms with E-state index in [9.17, 15) is 4.79 Å². The second kappa shape index (κ2) is 8.11. The first-order valence-corrected chi connectivity index (χ1v) is 8.38. The van der Waals surface area contributed by atoms with Crippen molar-refractivity contribution in [2.45, 2.75) is 13.5 Å². The van der Waals surface area contributed by atoms with Crippen LogP contribution in [0, 0.1) is 0 Å². The number of aromatic nitrogens is 1. The molecule has 3 rings (SSSR count). The molecular formula is C21H21N3O. The number of nitrogens with one attached hydrogen (secondary N) is 1. The van der Waals surface area contributed by atoms with Gasteiger partial charge in [0.25, 0.3) is 5.91 Å². The number of anilines is 2. The third kappa shape index (κ3) is 4.23. The average molecular weight is 331 g/mol. The van der Waals surface area contributed by atoms with Gasteiger partial charge in [-0.15, -0.1) is 0 Å². The summed E-state index contributed by atoms with van der Waals surface area (Å²) in [5, 5.41) is 3.31. The van der Waals surface area contributed by atoms with E-state index in [4.69, 9.17) is 0 Å². The highest BCUT2D eigenvalue weighted by Gasteiger charge is 2.16. The Kier molecular flexibility index (Phi) is 5.42. The summed E-state index contributed by atoms with van der Waals surface area (Å²) in [6.07, 6.45) is 1.70.